The van der Waals surface area contributed by atoms with Crippen LogP contribution in [0.1, 0.15) is 50.9 Å². The zero-order valence-corrected chi connectivity index (χ0v) is 21.1. The van der Waals surface area contributed by atoms with Gasteiger partial charge >= 0.3 is 18.4 Å². The van der Waals surface area contributed by atoms with Gasteiger partial charge in [-0.05, 0) is 51.8 Å². The van der Waals surface area contributed by atoms with E-state index in [0.29, 0.717) is 6.42 Å². The number of methoxy groups -OCH3 is 1. The van der Waals surface area contributed by atoms with Crippen LogP contribution >= 0.6 is 0 Å². The highest BCUT2D eigenvalue weighted by Crippen LogP contribution is 2.43. The molecule has 1 fully saturated rings. The van der Waals surface area contributed by atoms with E-state index in [4.69, 9.17) is 9.47 Å². The van der Waals surface area contributed by atoms with Crippen molar-refractivity contribution in [2.24, 2.45) is 0 Å². The highest BCUT2D eigenvalue weighted by molar-refractivity contribution is 6.07. The van der Waals surface area contributed by atoms with Crippen molar-refractivity contribution in [1.82, 2.24) is 14.5 Å². The van der Waals surface area contributed by atoms with Crippen LogP contribution in [0, 0.1) is 0 Å². The minimum Gasteiger partial charge on any atom is -0.496 e. The number of pyridine rings is 1. The number of halogens is 6. The first-order valence-electron chi connectivity index (χ1n) is 11.8. The van der Waals surface area contributed by atoms with Crippen molar-refractivity contribution >= 4 is 28.0 Å². The number of nitrogens with zero attached hydrogens (tertiary/aromatic N) is 3. The molecule has 1 amide bonds. The summed E-state index contributed by atoms with van der Waals surface area (Å²) < 4.78 is 93.5. The van der Waals surface area contributed by atoms with Gasteiger partial charge in [-0.1, -0.05) is 0 Å². The molecule has 4 rings (SSSR count). The van der Waals surface area contributed by atoms with Crippen molar-refractivity contribution in [2.45, 2.75) is 63.7 Å². The molecule has 0 saturated carbocycles. The molecule has 0 radical (unpaired) electrons. The second-order valence-corrected chi connectivity index (χ2v) is 10.2. The molecule has 2 aromatic heterocycles. The quantitative estimate of drug-likeness (QED) is 0.389. The van der Waals surface area contributed by atoms with E-state index in [0.717, 1.165) is 31.4 Å². The Kier molecular flexibility index (Phi) is 6.96. The number of fused-ring (bicyclic) bond motifs is 3. The lowest BCUT2D eigenvalue weighted by molar-refractivity contribution is -0.141. The minimum absolute atomic E-state index is 0.115. The maximum atomic E-state index is 13.8. The van der Waals surface area contributed by atoms with E-state index in [1.165, 1.54) is 9.47 Å². The smallest absolute Gasteiger partial charge is 0.433 e. The standard InChI is InChI=1S/C25H27F6N3O4/c1-23(2,3)38-22(36)33-9-5-6-15(18(35)12-33)34-16-7-8-20(25(29,30)31)32-21(16)13-10-14(24(26,27)28)19(37-4)11-17(13)34/h7-8,10-11,15,18,35H,5-6,9,12H2,1-4H3/t15-,18-/m0/s1. The fourth-order valence-corrected chi connectivity index (χ4v) is 4.75. The molecule has 0 bridgehead atoms. The molecule has 1 aliphatic heterocycles. The van der Waals surface area contributed by atoms with E-state index in [9.17, 15) is 36.2 Å². The maximum absolute atomic E-state index is 13.8. The normalized spacial score (nSPS) is 19.6. The zero-order chi connectivity index (χ0) is 28.2. The van der Waals surface area contributed by atoms with Crippen LogP contribution in [0.5, 0.6) is 5.75 Å². The number of ether oxygens (including phenoxy) is 2. The number of rotatable bonds is 2. The van der Waals surface area contributed by atoms with Crippen molar-refractivity contribution < 1.29 is 45.7 Å². The largest absolute Gasteiger partial charge is 0.496 e. The van der Waals surface area contributed by atoms with E-state index in [1.54, 1.807) is 20.8 Å². The monoisotopic (exact) mass is 547 g/mol. The average Bonchev–Trinajstić information content (AvgIpc) is 2.96. The average molecular weight is 547 g/mol. The predicted octanol–water partition coefficient (Wildman–Crippen LogP) is 6.17. The lowest BCUT2D eigenvalue weighted by Gasteiger charge is -2.29. The molecular formula is C25H27F6N3O4. The molecule has 2 atom stereocenters. The number of likely N-dealkylation sites (tertiary alicyclic amines) is 1. The van der Waals surface area contributed by atoms with Gasteiger partial charge in [0.2, 0.25) is 0 Å². The van der Waals surface area contributed by atoms with Crippen LogP contribution < -0.4 is 4.74 Å². The zero-order valence-electron chi connectivity index (χ0n) is 21.1. The summed E-state index contributed by atoms with van der Waals surface area (Å²) in [5, 5.41) is 11.0. The molecule has 0 aliphatic carbocycles. The summed E-state index contributed by atoms with van der Waals surface area (Å²) in [6.07, 6.45) is -10.8. The molecule has 0 spiro atoms. The van der Waals surface area contributed by atoms with Gasteiger partial charge in [-0.3, -0.25) is 0 Å². The van der Waals surface area contributed by atoms with Gasteiger partial charge in [0.15, 0.2) is 0 Å². The molecule has 208 valence electrons. The Hall–Kier alpha value is -3.22. The van der Waals surface area contributed by atoms with Crippen LogP contribution in [0.4, 0.5) is 31.1 Å². The summed E-state index contributed by atoms with van der Waals surface area (Å²) in [7, 11) is 1.06. The molecule has 0 unspecified atom stereocenters. The Labute approximate surface area is 213 Å². The lowest BCUT2D eigenvalue weighted by Crippen LogP contribution is -2.41. The van der Waals surface area contributed by atoms with Crippen molar-refractivity contribution in [1.29, 1.82) is 0 Å². The van der Waals surface area contributed by atoms with Gasteiger partial charge in [-0.25, -0.2) is 9.78 Å². The topological polar surface area (TPSA) is 76.8 Å². The minimum atomic E-state index is -4.84. The number of alkyl halides is 6. The van der Waals surface area contributed by atoms with Gasteiger partial charge in [-0.15, -0.1) is 0 Å². The molecule has 13 heteroatoms. The number of hydrogen-bond donors (Lipinski definition) is 1. The second kappa shape index (κ2) is 9.51. The Morgan fingerprint density at radius 3 is 2.32 bits per heavy atom. The third kappa shape index (κ3) is 5.33. The summed E-state index contributed by atoms with van der Waals surface area (Å²) in [5.41, 5.74) is -3.25. The van der Waals surface area contributed by atoms with Crippen molar-refractivity contribution in [3.63, 3.8) is 0 Å². The van der Waals surface area contributed by atoms with Crippen LogP contribution in [0.3, 0.4) is 0 Å². The van der Waals surface area contributed by atoms with Crippen LogP contribution in [0.15, 0.2) is 24.3 Å². The second-order valence-electron chi connectivity index (χ2n) is 10.2. The maximum Gasteiger partial charge on any atom is 0.433 e. The number of benzene rings is 1. The van der Waals surface area contributed by atoms with Crippen LogP contribution in [-0.2, 0) is 17.1 Å². The number of aliphatic hydroxyl groups is 1. The van der Waals surface area contributed by atoms with Crippen LogP contribution in [0.2, 0.25) is 0 Å². The SMILES string of the molecule is COc1cc2c(cc1C(F)(F)F)c1nc(C(F)(F)F)ccc1n2[C@H]1CCCN(C(=O)OC(C)(C)C)C[C@@H]1O. The highest BCUT2D eigenvalue weighted by atomic mass is 19.4. The van der Waals surface area contributed by atoms with E-state index < -0.39 is 53.2 Å². The number of β-amino-alcohol motifs (C(OH)–C–C–N with tert-alkyl or cyclic N) is 1. The molecule has 38 heavy (non-hydrogen) atoms. The third-order valence-corrected chi connectivity index (χ3v) is 6.32. The van der Waals surface area contributed by atoms with Gasteiger partial charge in [0.25, 0.3) is 0 Å². The third-order valence-electron chi connectivity index (χ3n) is 6.32. The Balaban J connectivity index is 1.90. The van der Waals surface area contributed by atoms with Gasteiger partial charge in [0, 0.05) is 18.0 Å². The fraction of sp³-hybridized carbons (Fsp3) is 0.520. The van der Waals surface area contributed by atoms with E-state index in [-0.39, 0.29) is 41.4 Å². The summed E-state index contributed by atoms with van der Waals surface area (Å²) in [6, 6.07) is 2.90. The van der Waals surface area contributed by atoms with Gasteiger partial charge in [0.05, 0.1) is 47.9 Å². The number of aromatic nitrogens is 2. The van der Waals surface area contributed by atoms with Crippen molar-refractivity contribution in [3.8, 4) is 5.75 Å². The van der Waals surface area contributed by atoms with E-state index in [2.05, 4.69) is 4.98 Å². The molecule has 1 N–H and O–H groups in total. The van der Waals surface area contributed by atoms with Crippen molar-refractivity contribution in [3.05, 3.63) is 35.5 Å². The summed E-state index contributed by atoms with van der Waals surface area (Å²) in [4.78, 5) is 17.6. The van der Waals surface area contributed by atoms with Gasteiger partial charge in [-0.2, -0.15) is 26.3 Å². The van der Waals surface area contributed by atoms with E-state index in [1.807, 2.05) is 0 Å². The Morgan fingerprint density at radius 1 is 1.05 bits per heavy atom. The van der Waals surface area contributed by atoms with Crippen molar-refractivity contribution in [2.75, 3.05) is 20.2 Å². The van der Waals surface area contributed by atoms with Crippen LogP contribution in [0.25, 0.3) is 21.9 Å². The summed E-state index contributed by atoms with van der Waals surface area (Å²) in [6.45, 7) is 5.20. The lowest BCUT2D eigenvalue weighted by atomic mass is 10.1. The predicted molar refractivity (Wildman–Crippen MR) is 126 cm³/mol. The molecule has 3 heterocycles. The van der Waals surface area contributed by atoms with Crippen LogP contribution in [-0.4, -0.2) is 57.6 Å². The number of carbonyl (C=O) groups is 1. The number of amides is 1. The number of carbonyl (C=O) groups excluding carboxylic acids is 1. The Bertz CT molecular complexity index is 1360. The van der Waals surface area contributed by atoms with E-state index >= 15 is 0 Å². The Morgan fingerprint density at radius 2 is 1.74 bits per heavy atom. The summed E-state index contributed by atoms with van der Waals surface area (Å²) in [5.74, 6) is -0.524. The first kappa shape index (κ1) is 27.8. The first-order valence-corrected chi connectivity index (χ1v) is 11.8. The first-order chi connectivity index (χ1) is 17.5. The number of aliphatic hydroxyl groups excluding tert-OH is 1. The molecule has 3 aromatic rings. The highest BCUT2D eigenvalue weighted by Gasteiger charge is 2.38. The molecular weight excluding hydrogens is 520 g/mol. The van der Waals surface area contributed by atoms with Gasteiger partial charge < -0.3 is 24.0 Å². The van der Waals surface area contributed by atoms with Gasteiger partial charge in [0.1, 0.15) is 17.0 Å². The fourth-order valence-electron chi connectivity index (χ4n) is 4.75. The molecule has 7 nitrogen and oxygen atoms in total. The molecule has 1 saturated heterocycles. The molecule has 1 aromatic carbocycles. The summed E-state index contributed by atoms with van der Waals surface area (Å²) >= 11 is 0. The number of hydrogen-bond acceptors (Lipinski definition) is 5. The molecule has 1 aliphatic rings.